The molecule has 7 heteroatoms. The molecule has 0 spiro atoms. The summed E-state index contributed by atoms with van der Waals surface area (Å²) in [6, 6.07) is 16.4. The molecule has 0 atom stereocenters. The van der Waals surface area contributed by atoms with Gasteiger partial charge in [-0.1, -0.05) is 26.0 Å². The van der Waals surface area contributed by atoms with Crippen LogP contribution in [0.4, 0.5) is 16.2 Å². The maximum absolute atomic E-state index is 12.0. The van der Waals surface area contributed by atoms with Crippen molar-refractivity contribution in [1.29, 1.82) is 5.26 Å². The highest BCUT2D eigenvalue weighted by molar-refractivity contribution is 5.97. The minimum atomic E-state index is -0.473. The van der Waals surface area contributed by atoms with Crippen LogP contribution >= 0.6 is 0 Å². The van der Waals surface area contributed by atoms with E-state index in [-0.39, 0.29) is 0 Å². The Morgan fingerprint density at radius 2 is 1.97 bits per heavy atom. The molecule has 3 aromatic rings. The molecule has 2 heterocycles. The normalized spacial score (nSPS) is 13.7. The molecule has 0 unspecified atom stereocenters. The van der Waals surface area contributed by atoms with Crippen LogP contribution in [0.5, 0.6) is 0 Å². The van der Waals surface area contributed by atoms with Crippen molar-refractivity contribution < 1.29 is 14.3 Å². The van der Waals surface area contributed by atoms with Gasteiger partial charge in [-0.2, -0.15) is 5.26 Å². The van der Waals surface area contributed by atoms with Gasteiger partial charge in [0.15, 0.2) is 0 Å². The van der Waals surface area contributed by atoms with Crippen LogP contribution in [0, 0.1) is 11.3 Å². The first-order valence-electron chi connectivity index (χ1n) is 11.6. The zero-order chi connectivity index (χ0) is 23.2. The standard InChI is InChI=1S/C26H30N4O3/c1-3-10-30-24-9-8-21(29-11-14-32-15-12-29)17-22(24)23(18-27)25(30)19-6-5-7-20(16-19)28-26(31)33-13-4-2/h5-9,16-17H,3-4,10-15H2,1-2H3,(H,28,31). The lowest BCUT2D eigenvalue weighted by Gasteiger charge is -2.28. The van der Waals surface area contributed by atoms with Crippen LogP contribution in [0.3, 0.4) is 0 Å². The number of carbonyl (C=O) groups excluding carboxylic acids is 1. The lowest BCUT2D eigenvalue weighted by Crippen LogP contribution is -2.36. The SMILES string of the molecule is CCCOC(=O)Nc1cccc(-c2c(C#N)c3cc(N4CCOCC4)ccc3n2CCC)c1. The number of amides is 1. The van der Waals surface area contributed by atoms with Crippen LogP contribution in [0.1, 0.15) is 32.3 Å². The van der Waals surface area contributed by atoms with Crippen LogP contribution in [0.25, 0.3) is 22.2 Å². The monoisotopic (exact) mass is 446 g/mol. The van der Waals surface area contributed by atoms with Crippen LogP contribution in [-0.2, 0) is 16.0 Å². The number of rotatable bonds is 7. The third-order valence-electron chi connectivity index (χ3n) is 5.80. The van der Waals surface area contributed by atoms with Crippen molar-refractivity contribution in [3.05, 3.63) is 48.0 Å². The van der Waals surface area contributed by atoms with Gasteiger partial charge in [-0.25, -0.2) is 4.79 Å². The quantitative estimate of drug-likeness (QED) is 0.527. The molecule has 1 saturated heterocycles. The Kier molecular flexibility index (Phi) is 7.16. The Morgan fingerprint density at radius 3 is 2.70 bits per heavy atom. The molecule has 2 aromatic carbocycles. The van der Waals surface area contributed by atoms with Crippen LogP contribution in [-0.4, -0.2) is 43.6 Å². The molecule has 7 nitrogen and oxygen atoms in total. The van der Waals surface area contributed by atoms with Crippen molar-refractivity contribution in [3.8, 4) is 17.3 Å². The molecule has 1 fully saturated rings. The van der Waals surface area contributed by atoms with Gasteiger partial charge in [-0.15, -0.1) is 0 Å². The van der Waals surface area contributed by atoms with Gasteiger partial charge in [-0.3, -0.25) is 5.32 Å². The second-order valence-electron chi connectivity index (χ2n) is 8.13. The molecule has 0 saturated carbocycles. The Labute approximate surface area is 194 Å². The molecular formula is C26H30N4O3. The van der Waals surface area contributed by atoms with E-state index in [4.69, 9.17) is 9.47 Å². The summed E-state index contributed by atoms with van der Waals surface area (Å²) in [5.74, 6) is 0. The predicted octanol–water partition coefficient (Wildman–Crippen LogP) is 5.39. The van der Waals surface area contributed by atoms with Gasteiger partial charge in [0.1, 0.15) is 6.07 Å². The van der Waals surface area contributed by atoms with Gasteiger partial charge in [0.25, 0.3) is 0 Å². The van der Waals surface area contributed by atoms with E-state index < -0.39 is 6.09 Å². The number of hydrogen-bond donors (Lipinski definition) is 1. The van der Waals surface area contributed by atoms with Gasteiger partial charge in [-0.05, 0) is 43.2 Å². The molecule has 1 aliphatic heterocycles. The number of nitrogens with one attached hydrogen (secondary N) is 1. The van der Waals surface area contributed by atoms with E-state index in [0.29, 0.717) is 31.1 Å². The smallest absolute Gasteiger partial charge is 0.411 e. The number of nitriles is 1. The molecule has 0 aliphatic carbocycles. The average molecular weight is 447 g/mol. The summed E-state index contributed by atoms with van der Waals surface area (Å²) < 4.78 is 12.8. The second kappa shape index (κ2) is 10.4. The summed E-state index contributed by atoms with van der Waals surface area (Å²) in [7, 11) is 0. The van der Waals surface area contributed by atoms with Crippen molar-refractivity contribution in [2.75, 3.05) is 43.1 Å². The van der Waals surface area contributed by atoms with Crippen molar-refractivity contribution in [2.45, 2.75) is 33.2 Å². The maximum Gasteiger partial charge on any atom is 0.411 e. The fourth-order valence-corrected chi connectivity index (χ4v) is 4.32. The van der Waals surface area contributed by atoms with Crippen LogP contribution in [0.2, 0.25) is 0 Å². The Morgan fingerprint density at radius 1 is 1.15 bits per heavy atom. The predicted molar refractivity (Wildman–Crippen MR) is 131 cm³/mol. The molecule has 0 radical (unpaired) electrons. The molecule has 33 heavy (non-hydrogen) atoms. The summed E-state index contributed by atoms with van der Waals surface area (Å²) in [6.07, 6.45) is 1.23. The summed E-state index contributed by atoms with van der Waals surface area (Å²) >= 11 is 0. The van der Waals surface area contributed by atoms with E-state index in [9.17, 15) is 10.1 Å². The summed E-state index contributed by atoms with van der Waals surface area (Å²) in [6.45, 7) is 8.37. The van der Waals surface area contributed by atoms with E-state index in [2.05, 4.69) is 46.0 Å². The number of anilines is 2. The van der Waals surface area contributed by atoms with Gasteiger partial charge in [0, 0.05) is 42.0 Å². The molecule has 1 amide bonds. The number of carbonyl (C=O) groups is 1. The van der Waals surface area contributed by atoms with Crippen LogP contribution < -0.4 is 10.2 Å². The molecule has 0 bridgehead atoms. The van der Waals surface area contributed by atoms with Crippen molar-refractivity contribution >= 4 is 28.4 Å². The number of nitrogens with zero attached hydrogens (tertiary/aromatic N) is 3. The van der Waals surface area contributed by atoms with E-state index in [1.165, 1.54) is 0 Å². The molecule has 1 aromatic heterocycles. The number of hydrogen-bond acceptors (Lipinski definition) is 5. The zero-order valence-corrected chi connectivity index (χ0v) is 19.3. The summed E-state index contributed by atoms with van der Waals surface area (Å²) in [5, 5.41) is 13.9. The molecule has 172 valence electrons. The summed E-state index contributed by atoms with van der Waals surface area (Å²) in [5.41, 5.74) is 5.20. The molecular weight excluding hydrogens is 416 g/mol. The minimum Gasteiger partial charge on any atom is -0.449 e. The minimum absolute atomic E-state index is 0.375. The first-order valence-corrected chi connectivity index (χ1v) is 11.6. The van der Waals surface area contributed by atoms with E-state index in [1.54, 1.807) is 0 Å². The van der Waals surface area contributed by atoms with Crippen molar-refractivity contribution in [3.63, 3.8) is 0 Å². The van der Waals surface area contributed by atoms with Gasteiger partial charge in [0.2, 0.25) is 0 Å². The zero-order valence-electron chi connectivity index (χ0n) is 19.3. The third kappa shape index (κ3) is 4.81. The van der Waals surface area contributed by atoms with Gasteiger partial charge in [0.05, 0.1) is 36.6 Å². The Balaban J connectivity index is 1.78. The number of benzene rings is 2. The lowest BCUT2D eigenvalue weighted by atomic mass is 10.0. The Bertz CT molecular complexity index is 1170. The maximum atomic E-state index is 12.0. The average Bonchev–Trinajstić information content (AvgIpc) is 3.16. The highest BCUT2D eigenvalue weighted by Crippen LogP contribution is 2.36. The molecule has 1 N–H and O–H groups in total. The number of fused-ring (bicyclic) bond motifs is 1. The fraction of sp³-hybridized carbons (Fsp3) is 0.385. The first-order chi connectivity index (χ1) is 16.2. The van der Waals surface area contributed by atoms with Gasteiger partial charge >= 0.3 is 6.09 Å². The third-order valence-corrected chi connectivity index (χ3v) is 5.80. The van der Waals surface area contributed by atoms with Gasteiger partial charge < -0.3 is 18.9 Å². The van der Waals surface area contributed by atoms with Crippen molar-refractivity contribution in [1.82, 2.24) is 4.57 Å². The number of aryl methyl sites for hydroxylation is 1. The van der Waals surface area contributed by atoms with E-state index in [1.807, 2.05) is 31.2 Å². The highest BCUT2D eigenvalue weighted by atomic mass is 16.5. The number of aromatic nitrogens is 1. The Hall–Kier alpha value is -3.50. The highest BCUT2D eigenvalue weighted by Gasteiger charge is 2.21. The topological polar surface area (TPSA) is 79.5 Å². The molecule has 4 rings (SSSR count). The van der Waals surface area contributed by atoms with E-state index >= 15 is 0 Å². The molecule has 1 aliphatic rings. The second-order valence-corrected chi connectivity index (χ2v) is 8.13. The van der Waals surface area contributed by atoms with Crippen molar-refractivity contribution in [2.24, 2.45) is 0 Å². The summed E-state index contributed by atoms with van der Waals surface area (Å²) in [4.78, 5) is 14.3. The fourth-order valence-electron chi connectivity index (χ4n) is 4.32. The van der Waals surface area contributed by atoms with Crippen LogP contribution in [0.15, 0.2) is 42.5 Å². The largest absolute Gasteiger partial charge is 0.449 e. The number of morpholine rings is 1. The van der Waals surface area contributed by atoms with E-state index in [0.717, 1.165) is 60.3 Å². The number of ether oxygens (including phenoxy) is 2. The first kappa shape index (κ1) is 22.7. The lowest BCUT2D eigenvalue weighted by molar-refractivity contribution is 0.122.